The molecule has 0 aliphatic heterocycles. The van der Waals surface area contributed by atoms with E-state index in [-0.39, 0.29) is 5.92 Å². The minimum absolute atomic E-state index is 0.244. The van der Waals surface area contributed by atoms with Crippen LogP contribution in [-0.4, -0.2) is 31.5 Å². The lowest BCUT2D eigenvalue weighted by atomic mass is 10.2. The van der Waals surface area contributed by atoms with Crippen LogP contribution in [0.3, 0.4) is 0 Å². The third kappa shape index (κ3) is 3.41. The summed E-state index contributed by atoms with van der Waals surface area (Å²) < 4.78 is 1.76. The quantitative estimate of drug-likeness (QED) is 0.851. The van der Waals surface area contributed by atoms with Gasteiger partial charge in [-0.15, -0.1) is 5.10 Å². The van der Waals surface area contributed by atoms with E-state index in [0.29, 0.717) is 11.7 Å². The number of anilines is 1. The highest BCUT2D eigenvalue weighted by Gasteiger charge is 2.11. The van der Waals surface area contributed by atoms with Crippen LogP contribution in [0.4, 0.5) is 5.82 Å². The molecular formula is C12H17ClN6. The Bertz CT molecular complexity index is 537. The van der Waals surface area contributed by atoms with Gasteiger partial charge in [-0.05, 0) is 6.92 Å². The molecule has 2 heterocycles. The minimum atomic E-state index is 0.244. The average molecular weight is 281 g/mol. The van der Waals surface area contributed by atoms with Crippen LogP contribution in [0.2, 0.25) is 5.15 Å². The first-order valence-electron chi connectivity index (χ1n) is 6.20. The van der Waals surface area contributed by atoms with Gasteiger partial charge in [-0.1, -0.05) is 30.7 Å². The summed E-state index contributed by atoms with van der Waals surface area (Å²) in [5.74, 6) is 1.77. The van der Waals surface area contributed by atoms with E-state index in [9.17, 15) is 0 Å². The van der Waals surface area contributed by atoms with E-state index in [0.717, 1.165) is 23.8 Å². The molecule has 7 heteroatoms. The van der Waals surface area contributed by atoms with Crippen molar-refractivity contribution in [1.29, 1.82) is 0 Å². The predicted octanol–water partition coefficient (Wildman–Crippen LogP) is 2.27. The number of hydrogen-bond acceptors (Lipinski definition) is 5. The zero-order valence-electron chi connectivity index (χ0n) is 11.3. The van der Waals surface area contributed by atoms with E-state index in [1.54, 1.807) is 10.9 Å². The number of halogens is 1. The lowest BCUT2D eigenvalue weighted by Gasteiger charge is -2.12. The average Bonchev–Trinajstić information content (AvgIpc) is 2.87. The molecule has 0 atom stereocenters. The number of nitrogens with one attached hydrogen (secondary N) is 1. The van der Waals surface area contributed by atoms with Crippen molar-refractivity contribution in [1.82, 2.24) is 25.0 Å². The van der Waals surface area contributed by atoms with Gasteiger partial charge in [0.15, 0.2) is 0 Å². The molecule has 2 aromatic heterocycles. The second-order valence-electron chi connectivity index (χ2n) is 4.59. The van der Waals surface area contributed by atoms with Gasteiger partial charge in [0.1, 0.15) is 16.8 Å². The second kappa shape index (κ2) is 5.97. The van der Waals surface area contributed by atoms with Crippen LogP contribution < -0.4 is 5.32 Å². The molecule has 2 aromatic rings. The van der Waals surface area contributed by atoms with Gasteiger partial charge in [0, 0.05) is 24.2 Å². The molecule has 0 aromatic carbocycles. The van der Waals surface area contributed by atoms with Crippen molar-refractivity contribution in [2.24, 2.45) is 0 Å². The Morgan fingerprint density at radius 3 is 2.79 bits per heavy atom. The highest BCUT2D eigenvalue weighted by molar-refractivity contribution is 6.30. The summed E-state index contributed by atoms with van der Waals surface area (Å²) in [6, 6.07) is 0. The first-order valence-corrected chi connectivity index (χ1v) is 6.57. The third-order valence-corrected chi connectivity index (χ3v) is 3.09. The summed E-state index contributed by atoms with van der Waals surface area (Å²) in [5, 5.41) is 11.4. The molecule has 0 saturated heterocycles. The van der Waals surface area contributed by atoms with Crippen LogP contribution in [0, 0.1) is 6.92 Å². The standard InChI is InChI=1S/C12H17ClN6/c1-8(2)11-16-10(13)9(3)12(17-11)14-4-6-19-7-5-15-18-19/h5,7-8H,4,6H2,1-3H3,(H,14,16,17). The molecular weight excluding hydrogens is 264 g/mol. The molecule has 0 amide bonds. The molecule has 102 valence electrons. The Morgan fingerprint density at radius 2 is 2.16 bits per heavy atom. The van der Waals surface area contributed by atoms with E-state index in [1.165, 1.54) is 0 Å². The number of rotatable bonds is 5. The molecule has 1 N–H and O–H groups in total. The Labute approximate surface area is 117 Å². The van der Waals surface area contributed by atoms with Gasteiger partial charge in [0.25, 0.3) is 0 Å². The van der Waals surface area contributed by atoms with E-state index in [2.05, 4.69) is 25.6 Å². The third-order valence-electron chi connectivity index (χ3n) is 2.73. The summed E-state index contributed by atoms with van der Waals surface area (Å²) in [7, 11) is 0. The zero-order valence-corrected chi connectivity index (χ0v) is 12.0. The maximum Gasteiger partial charge on any atom is 0.137 e. The minimum Gasteiger partial charge on any atom is -0.368 e. The van der Waals surface area contributed by atoms with Crippen molar-refractivity contribution in [3.05, 3.63) is 28.9 Å². The molecule has 0 radical (unpaired) electrons. The van der Waals surface area contributed by atoms with Crippen LogP contribution in [-0.2, 0) is 6.54 Å². The van der Waals surface area contributed by atoms with Crippen molar-refractivity contribution in [3.63, 3.8) is 0 Å². The van der Waals surface area contributed by atoms with Gasteiger partial charge in [-0.25, -0.2) is 9.97 Å². The van der Waals surface area contributed by atoms with Crippen LogP contribution in [0.25, 0.3) is 0 Å². The van der Waals surface area contributed by atoms with Crippen LogP contribution >= 0.6 is 11.6 Å². The van der Waals surface area contributed by atoms with Crippen molar-refractivity contribution in [3.8, 4) is 0 Å². The molecule has 6 nitrogen and oxygen atoms in total. The van der Waals surface area contributed by atoms with E-state index < -0.39 is 0 Å². The van der Waals surface area contributed by atoms with Gasteiger partial charge in [-0.3, -0.25) is 4.68 Å². The molecule has 2 rings (SSSR count). The van der Waals surface area contributed by atoms with Crippen LogP contribution in [0.5, 0.6) is 0 Å². The molecule has 0 aliphatic rings. The van der Waals surface area contributed by atoms with Gasteiger partial charge in [0.05, 0.1) is 12.7 Å². The van der Waals surface area contributed by atoms with Crippen LogP contribution in [0.15, 0.2) is 12.4 Å². The topological polar surface area (TPSA) is 68.5 Å². The maximum atomic E-state index is 6.12. The summed E-state index contributed by atoms with van der Waals surface area (Å²) >= 11 is 6.12. The largest absolute Gasteiger partial charge is 0.368 e. The summed E-state index contributed by atoms with van der Waals surface area (Å²) in [6.45, 7) is 7.41. The Morgan fingerprint density at radius 1 is 1.37 bits per heavy atom. The lowest BCUT2D eigenvalue weighted by molar-refractivity contribution is 0.607. The molecule has 0 unspecified atom stereocenters. The fourth-order valence-corrected chi connectivity index (χ4v) is 1.75. The molecule has 0 saturated carbocycles. The summed E-state index contributed by atoms with van der Waals surface area (Å²) in [6.07, 6.45) is 3.48. The Hall–Kier alpha value is -1.69. The predicted molar refractivity (Wildman–Crippen MR) is 74.4 cm³/mol. The van der Waals surface area contributed by atoms with E-state index in [4.69, 9.17) is 11.6 Å². The number of aromatic nitrogens is 5. The van der Waals surface area contributed by atoms with Gasteiger partial charge in [-0.2, -0.15) is 0 Å². The van der Waals surface area contributed by atoms with Crippen molar-refractivity contribution in [2.45, 2.75) is 33.2 Å². The first-order chi connectivity index (χ1) is 9.08. The van der Waals surface area contributed by atoms with Gasteiger partial charge in [0.2, 0.25) is 0 Å². The maximum absolute atomic E-state index is 6.12. The zero-order chi connectivity index (χ0) is 13.8. The Balaban J connectivity index is 2.06. The SMILES string of the molecule is Cc1c(Cl)nc(C(C)C)nc1NCCn1ccnn1. The Kier molecular flexibility index (Phi) is 4.31. The number of hydrogen-bond donors (Lipinski definition) is 1. The number of nitrogens with zero attached hydrogens (tertiary/aromatic N) is 5. The fraction of sp³-hybridized carbons (Fsp3) is 0.500. The summed E-state index contributed by atoms with van der Waals surface area (Å²) in [4.78, 5) is 8.78. The molecule has 0 fully saturated rings. The fourth-order valence-electron chi connectivity index (χ4n) is 1.58. The van der Waals surface area contributed by atoms with Gasteiger partial charge < -0.3 is 5.32 Å². The molecule has 0 spiro atoms. The molecule has 0 aliphatic carbocycles. The van der Waals surface area contributed by atoms with Gasteiger partial charge >= 0.3 is 0 Å². The molecule has 0 bridgehead atoms. The van der Waals surface area contributed by atoms with E-state index >= 15 is 0 Å². The monoisotopic (exact) mass is 280 g/mol. The van der Waals surface area contributed by atoms with Crippen molar-refractivity contribution in [2.75, 3.05) is 11.9 Å². The highest BCUT2D eigenvalue weighted by Crippen LogP contribution is 2.22. The normalized spacial score (nSPS) is 11.0. The molecule has 19 heavy (non-hydrogen) atoms. The summed E-state index contributed by atoms with van der Waals surface area (Å²) in [5.41, 5.74) is 0.865. The highest BCUT2D eigenvalue weighted by atomic mass is 35.5. The van der Waals surface area contributed by atoms with E-state index in [1.807, 2.05) is 27.0 Å². The van der Waals surface area contributed by atoms with Crippen LogP contribution in [0.1, 0.15) is 31.2 Å². The first kappa shape index (κ1) is 13.7. The van der Waals surface area contributed by atoms with Crippen molar-refractivity contribution < 1.29 is 0 Å². The van der Waals surface area contributed by atoms with Crippen molar-refractivity contribution >= 4 is 17.4 Å². The second-order valence-corrected chi connectivity index (χ2v) is 4.95. The lowest BCUT2D eigenvalue weighted by Crippen LogP contribution is -2.14. The smallest absolute Gasteiger partial charge is 0.137 e.